The van der Waals surface area contributed by atoms with Crippen molar-refractivity contribution in [3.63, 3.8) is 0 Å². The predicted octanol–water partition coefficient (Wildman–Crippen LogP) is 2.86. The van der Waals surface area contributed by atoms with Crippen LogP contribution in [-0.2, 0) is 19.5 Å². The molecule has 5 heterocycles. The van der Waals surface area contributed by atoms with Crippen molar-refractivity contribution in [1.82, 2.24) is 24.6 Å². The number of piperidine rings is 1. The highest BCUT2D eigenvalue weighted by Crippen LogP contribution is 2.44. The lowest BCUT2D eigenvalue weighted by atomic mass is 9.98. The highest BCUT2D eigenvalue weighted by molar-refractivity contribution is 5.38. The molecule has 0 spiro atoms. The van der Waals surface area contributed by atoms with E-state index in [2.05, 4.69) is 45.8 Å². The van der Waals surface area contributed by atoms with Crippen molar-refractivity contribution < 1.29 is 5.11 Å². The van der Waals surface area contributed by atoms with E-state index < -0.39 is 0 Å². The fourth-order valence-electron chi connectivity index (χ4n) is 5.63. The monoisotopic (exact) mass is 410 g/mol. The third-order valence-corrected chi connectivity index (χ3v) is 7.37. The number of aromatic nitrogens is 4. The first kappa shape index (κ1) is 19.9. The van der Waals surface area contributed by atoms with Gasteiger partial charge < -0.3 is 10.0 Å². The van der Waals surface area contributed by atoms with Crippen molar-refractivity contribution in [3.8, 4) is 0 Å². The van der Waals surface area contributed by atoms with E-state index in [0.717, 1.165) is 57.8 Å². The summed E-state index contributed by atoms with van der Waals surface area (Å²) in [6, 6.07) is 0.985. The molecule has 3 aliphatic heterocycles. The molecule has 3 atom stereocenters. The fourth-order valence-corrected chi connectivity index (χ4v) is 5.63. The molecule has 2 bridgehead atoms. The van der Waals surface area contributed by atoms with Gasteiger partial charge in [0, 0.05) is 74.3 Å². The van der Waals surface area contributed by atoms with Gasteiger partial charge in [-0.15, -0.1) is 0 Å². The first-order valence-corrected chi connectivity index (χ1v) is 11.7. The van der Waals surface area contributed by atoms with Crippen LogP contribution in [0, 0.1) is 12.8 Å². The number of rotatable bonds is 6. The Hall–Kier alpha value is -1.99. The van der Waals surface area contributed by atoms with Gasteiger partial charge in [-0.2, -0.15) is 5.10 Å². The molecule has 0 radical (unpaired) electrons. The van der Waals surface area contributed by atoms with Crippen molar-refractivity contribution in [2.24, 2.45) is 5.92 Å². The Kier molecular flexibility index (Phi) is 5.50. The summed E-state index contributed by atoms with van der Waals surface area (Å²) in [5.41, 5.74) is 5.22. The minimum absolute atomic E-state index is 0.259. The van der Waals surface area contributed by atoms with Crippen LogP contribution in [0.2, 0.25) is 0 Å². The molecule has 162 valence electrons. The minimum Gasteiger partial charge on any atom is -0.396 e. The van der Waals surface area contributed by atoms with Gasteiger partial charge in [0.2, 0.25) is 5.95 Å². The summed E-state index contributed by atoms with van der Waals surface area (Å²) >= 11 is 0. The zero-order valence-electron chi connectivity index (χ0n) is 18.3. The lowest BCUT2D eigenvalue weighted by molar-refractivity contribution is 0.165. The molecule has 2 aromatic rings. The van der Waals surface area contributed by atoms with E-state index in [4.69, 9.17) is 9.97 Å². The Bertz CT molecular complexity index is 896. The molecule has 0 saturated carbocycles. The van der Waals surface area contributed by atoms with Gasteiger partial charge in [0.05, 0.1) is 11.9 Å². The summed E-state index contributed by atoms with van der Waals surface area (Å²) in [5.74, 6) is 1.21. The highest BCUT2D eigenvalue weighted by atomic mass is 16.3. The van der Waals surface area contributed by atoms with Crippen LogP contribution in [-0.4, -0.2) is 55.5 Å². The van der Waals surface area contributed by atoms with E-state index in [9.17, 15) is 5.11 Å². The van der Waals surface area contributed by atoms with Gasteiger partial charge in [-0.1, -0.05) is 6.92 Å². The Balaban J connectivity index is 1.35. The molecule has 2 fully saturated rings. The van der Waals surface area contributed by atoms with Crippen molar-refractivity contribution in [1.29, 1.82) is 0 Å². The number of aryl methyl sites for hydroxylation is 1. The van der Waals surface area contributed by atoms with Crippen LogP contribution in [0.4, 0.5) is 5.95 Å². The summed E-state index contributed by atoms with van der Waals surface area (Å²) in [4.78, 5) is 14.7. The number of fused-ring (bicyclic) bond motifs is 4. The number of hydrogen-bond acceptors (Lipinski definition) is 6. The van der Waals surface area contributed by atoms with Gasteiger partial charge in [0.1, 0.15) is 0 Å². The zero-order valence-corrected chi connectivity index (χ0v) is 18.3. The average Bonchev–Trinajstić information content (AvgIpc) is 3.26. The van der Waals surface area contributed by atoms with Gasteiger partial charge in [-0.25, -0.2) is 9.97 Å². The van der Waals surface area contributed by atoms with Crippen molar-refractivity contribution >= 4 is 5.95 Å². The van der Waals surface area contributed by atoms with Gasteiger partial charge in [0.15, 0.2) is 0 Å². The molecule has 7 nitrogen and oxygen atoms in total. The SMILES string of the molecule is CCCn1ncc(CN2C3CCC2c2cnc(N4CCCC(CO)C4)nc2C3)c1C. The summed E-state index contributed by atoms with van der Waals surface area (Å²) in [5, 5.41) is 14.2. The lowest BCUT2D eigenvalue weighted by Gasteiger charge is -2.37. The molecule has 0 aromatic carbocycles. The quantitative estimate of drug-likeness (QED) is 0.790. The van der Waals surface area contributed by atoms with E-state index in [1.807, 2.05) is 0 Å². The third kappa shape index (κ3) is 3.52. The van der Waals surface area contributed by atoms with Crippen LogP contribution >= 0.6 is 0 Å². The zero-order chi connectivity index (χ0) is 20.7. The van der Waals surface area contributed by atoms with E-state index >= 15 is 0 Å². The highest BCUT2D eigenvalue weighted by Gasteiger charge is 2.41. The van der Waals surface area contributed by atoms with Crippen LogP contribution in [0.25, 0.3) is 0 Å². The van der Waals surface area contributed by atoms with Gasteiger partial charge in [-0.3, -0.25) is 9.58 Å². The molecule has 2 saturated heterocycles. The van der Waals surface area contributed by atoms with Crippen LogP contribution in [0.5, 0.6) is 0 Å². The summed E-state index contributed by atoms with van der Waals surface area (Å²) in [6.45, 7) is 8.48. The van der Waals surface area contributed by atoms with Crippen molar-refractivity contribution in [2.45, 2.75) is 77.5 Å². The molecule has 0 amide bonds. The maximum Gasteiger partial charge on any atom is 0.225 e. The van der Waals surface area contributed by atoms with E-state index in [0.29, 0.717) is 18.0 Å². The standard InChI is InChI=1S/C23H34N6O/c1-3-8-29-16(2)18(11-25-29)14-28-19-6-7-22(28)20-12-24-23(26-21(20)10-19)27-9-4-5-17(13-27)15-30/h11-12,17,19,22,30H,3-10,13-15H2,1-2H3. The number of anilines is 1. The largest absolute Gasteiger partial charge is 0.396 e. The molecule has 1 N–H and O–H groups in total. The second-order valence-electron chi connectivity index (χ2n) is 9.31. The van der Waals surface area contributed by atoms with E-state index in [-0.39, 0.29) is 6.61 Å². The lowest BCUT2D eigenvalue weighted by Crippen LogP contribution is -2.40. The van der Waals surface area contributed by atoms with E-state index in [1.165, 1.54) is 35.4 Å². The van der Waals surface area contributed by atoms with Gasteiger partial charge in [-0.05, 0) is 44.9 Å². The molecule has 0 aliphatic carbocycles. The molecule has 3 unspecified atom stereocenters. The predicted molar refractivity (Wildman–Crippen MR) is 116 cm³/mol. The van der Waals surface area contributed by atoms with Gasteiger partial charge >= 0.3 is 0 Å². The second kappa shape index (κ2) is 8.27. The van der Waals surface area contributed by atoms with Crippen LogP contribution in [0.3, 0.4) is 0 Å². The molecular formula is C23H34N6O. The Morgan fingerprint density at radius 3 is 2.93 bits per heavy atom. The number of aliphatic hydroxyl groups is 1. The minimum atomic E-state index is 0.259. The molecule has 30 heavy (non-hydrogen) atoms. The van der Waals surface area contributed by atoms with Crippen LogP contribution in [0.1, 0.15) is 67.6 Å². The normalized spacial score (nSPS) is 26.2. The van der Waals surface area contributed by atoms with Crippen LogP contribution in [0.15, 0.2) is 12.4 Å². The summed E-state index contributed by atoms with van der Waals surface area (Å²) in [7, 11) is 0. The maximum atomic E-state index is 9.55. The molecule has 2 aromatic heterocycles. The van der Waals surface area contributed by atoms with Crippen molar-refractivity contribution in [3.05, 3.63) is 34.9 Å². The second-order valence-corrected chi connectivity index (χ2v) is 9.31. The number of hydrogen-bond donors (Lipinski definition) is 1. The van der Waals surface area contributed by atoms with Gasteiger partial charge in [0.25, 0.3) is 0 Å². The number of nitrogens with zero attached hydrogens (tertiary/aromatic N) is 6. The average molecular weight is 411 g/mol. The Labute approximate surface area is 179 Å². The van der Waals surface area contributed by atoms with Crippen molar-refractivity contribution in [2.75, 3.05) is 24.6 Å². The Morgan fingerprint density at radius 1 is 1.20 bits per heavy atom. The molecule has 5 rings (SSSR count). The fraction of sp³-hybridized carbons (Fsp3) is 0.696. The molecular weight excluding hydrogens is 376 g/mol. The third-order valence-electron chi connectivity index (χ3n) is 7.37. The molecule has 7 heteroatoms. The summed E-state index contributed by atoms with van der Waals surface area (Å²) < 4.78 is 2.14. The smallest absolute Gasteiger partial charge is 0.225 e. The first-order chi connectivity index (χ1) is 14.7. The number of aliphatic hydroxyl groups excluding tert-OH is 1. The summed E-state index contributed by atoms with van der Waals surface area (Å²) in [6.07, 6.45) is 10.9. The first-order valence-electron chi connectivity index (χ1n) is 11.7. The van der Waals surface area contributed by atoms with E-state index in [1.54, 1.807) is 0 Å². The Morgan fingerprint density at radius 2 is 2.10 bits per heavy atom. The maximum absolute atomic E-state index is 9.55. The van der Waals surface area contributed by atoms with Crippen LogP contribution < -0.4 is 4.90 Å². The topological polar surface area (TPSA) is 70.3 Å². The molecule has 3 aliphatic rings.